The maximum Gasteiger partial charge on any atom is 0.265 e. The van der Waals surface area contributed by atoms with E-state index in [-0.39, 0.29) is 5.91 Å². The third-order valence-electron chi connectivity index (χ3n) is 4.21. The number of nitrogens with zero attached hydrogens (tertiary/aromatic N) is 2. The Labute approximate surface area is 128 Å². The summed E-state index contributed by atoms with van der Waals surface area (Å²) in [7, 11) is 0. The Balaban J connectivity index is 1.64. The number of carbonyl (C=O) groups excluding carboxylic acids is 1. The molecule has 1 aromatic heterocycles. The van der Waals surface area contributed by atoms with E-state index in [1.807, 2.05) is 17.2 Å². The quantitative estimate of drug-likeness (QED) is 0.905. The average molecular weight is 314 g/mol. The molecule has 1 N–H and O–H groups in total. The van der Waals surface area contributed by atoms with Gasteiger partial charge < -0.3 is 10.2 Å². The molecule has 3 heterocycles. The molecule has 0 saturated carbocycles. The van der Waals surface area contributed by atoms with E-state index in [1.165, 1.54) is 11.3 Å². The van der Waals surface area contributed by atoms with Crippen LogP contribution in [0.3, 0.4) is 0 Å². The molecule has 2 aliphatic heterocycles. The summed E-state index contributed by atoms with van der Waals surface area (Å²) in [5.74, 6) is 0.103. The van der Waals surface area contributed by atoms with Crippen molar-refractivity contribution in [2.75, 3.05) is 39.3 Å². The standard InChI is InChI=1S/C14H20ClN3OS/c1-10-9-20-13(12(10)15)14(19)18-5-2-11(8-18)17-6-3-16-4-7-17/h9,11,16H,2-8H2,1H3. The number of hydrogen-bond acceptors (Lipinski definition) is 4. The van der Waals surface area contributed by atoms with Crippen molar-refractivity contribution in [1.82, 2.24) is 15.1 Å². The maximum atomic E-state index is 12.5. The minimum atomic E-state index is 0.103. The summed E-state index contributed by atoms with van der Waals surface area (Å²) in [6.07, 6.45) is 1.08. The van der Waals surface area contributed by atoms with Gasteiger partial charge in [0.15, 0.2) is 0 Å². The topological polar surface area (TPSA) is 35.6 Å². The van der Waals surface area contributed by atoms with E-state index < -0.39 is 0 Å². The lowest BCUT2D eigenvalue weighted by Gasteiger charge is -2.32. The second kappa shape index (κ2) is 6.02. The summed E-state index contributed by atoms with van der Waals surface area (Å²) in [4.78, 5) is 17.7. The zero-order chi connectivity index (χ0) is 14.1. The minimum absolute atomic E-state index is 0.103. The van der Waals surface area contributed by atoms with Crippen LogP contribution in [0.4, 0.5) is 0 Å². The van der Waals surface area contributed by atoms with Gasteiger partial charge in [-0.1, -0.05) is 11.6 Å². The molecule has 1 amide bonds. The molecule has 0 radical (unpaired) electrons. The first-order valence-corrected chi connectivity index (χ1v) is 8.40. The molecule has 2 saturated heterocycles. The second-order valence-electron chi connectivity index (χ2n) is 5.54. The molecule has 0 spiro atoms. The predicted molar refractivity (Wildman–Crippen MR) is 82.8 cm³/mol. The Hall–Kier alpha value is -0.620. The molecule has 20 heavy (non-hydrogen) atoms. The number of halogens is 1. The number of nitrogens with one attached hydrogen (secondary N) is 1. The molecule has 1 atom stereocenters. The van der Waals surface area contributed by atoms with Crippen molar-refractivity contribution in [3.05, 3.63) is 20.8 Å². The van der Waals surface area contributed by atoms with Crippen LogP contribution < -0.4 is 5.32 Å². The molecule has 6 heteroatoms. The fraction of sp³-hybridized carbons (Fsp3) is 0.643. The Morgan fingerprint density at radius 3 is 2.80 bits per heavy atom. The van der Waals surface area contributed by atoms with Crippen LogP contribution >= 0.6 is 22.9 Å². The van der Waals surface area contributed by atoms with Gasteiger partial charge in [-0.3, -0.25) is 9.69 Å². The molecule has 0 aromatic carbocycles. The van der Waals surface area contributed by atoms with Gasteiger partial charge in [-0.2, -0.15) is 0 Å². The van der Waals surface area contributed by atoms with Gasteiger partial charge in [0.1, 0.15) is 4.88 Å². The number of thiophene rings is 1. The summed E-state index contributed by atoms with van der Waals surface area (Å²) < 4.78 is 0. The summed E-state index contributed by atoms with van der Waals surface area (Å²) >= 11 is 7.67. The molecular formula is C14H20ClN3OS. The van der Waals surface area contributed by atoms with Gasteiger partial charge in [0.05, 0.1) is 5.02 Å². The number of rotatable bonds is 2. The lowest BCUT2D eigenvalue weighted by Crippen LogP contribution is -2.49. The fourth-order valence-corrected chi connectivity index (χ4v) is 4.23. The largest absolute Gasteiger partial charge is 0.336 e. The predicted octanol–water partition coefficient (Wildman–Crippen LogP) is 1.83. The molecule has 110 valence electrons. The summed E-state index contributed by atoms with van der Waals surface area (Å²) in [5.41, 5.74) is 0.998. The van der Waals surface area contributed by atoms with Gasteiger partial charge in [0, 0.05) is 45.3 Å². The molecule has 0 bridgehead atoms. The average Bonchev–Trinajstić information content (AvgIpc) is 3.08. The van der Waals surface area contributed by atoms with Crippen molar-refractivity contribution in [2.24, 2.45) is 0 Å². The first kappa shape index (κ1) is 14.3. The van der Waals surface area contributed by atoms with Crippen LogP contribution in [-0.4, -0.2) is 61.0 Å². The van der Waals surface area contributed by atoms with E-state index in [4.69, 9.17) is 11.6 Å². The number of amides is 1. The van der Waals surface area contributed by atoms with Crippen LogP contribution in [0.2, 0.25) is 5.02 Å². The van der Waals surface area contributed by atoms with Crippen LogP contribution in [0.1, 0.15) is 21.7 Å². The van der Waals surface area contributed by atoms with Crippen LogP contribution in [0.25, 0.3) is 0 Å². The fourth-order valence-electron chi connectivity index (χ4n) is 2.99. The molecule has 3 rings (SSSR count). The van der Waals surface area contributed by atoms with E-state index in [9.17, 15) is 4.79 Å². The molecule has 2 fully saturated rings. The monoisotopic (exact) mass is 313 g/mol. The summed E-state index contributed by atoms with van der Waals surface area (Å²) in [6, 6.07) is 0.515. The van der Waals surface area contributed by atoms with Gasteiger partial charge in [0.25, 0.3) is 5.91 Å². The molecule has 2 aliphatic rings. The number of piperazine rings is 1. The van der Waals surface area contributed by atoms with Gasteiger partial charge in [-0.05, 0) is 24.3 Å². The maximum absolute atomic E-state index is 12.5. The lowest BCUT2D eigenvalue weighted by molar-refractivity contribution is 0.0778. The first-order chi connectivity index (χ1) is 9.66. The normalized spacial score (nSPS) is 24.3. The Kier molecular flexibility index (Phi) is 4.31. The minimum Gasteiger partial charge on any atom is -0.336 e. The van der Waals surface area contributed by atoms with Gasteiger partial charge in [0.2, 0.25) is 0 Å². The number of likely N-dealkylation sites (tertiary alicyclic amines) is 1. The van der Waals surface area contributed by atoms with Crippen molar-refractivity contribution >= 4 is 28.8 Å². The van der Waals surface area contributed by atoms with E-state index in [2.05, 4.69) is 10.2 Å². The third kappa shape index (κ3) is 2.72. The van der Waals surface area contributed by atoms with Crippen molar-refractivity contribution in [1.29, 1.82) is 0 Å². The first-order valence-electron chi connectivity index (χ1n) is 7.14. The van der Waals surface area contributed by atoms with Gasteiger partial charge in [-0.15, -0.1) is 11.3 Å². The van der Waals surface area contributed by atoms with E-state index in [1.54, 1.807) is 0 Å². The van der Waals surface area contributed by atoms with E-state index in [0.29, 0.717) is 15.9 Å². The molecule has 1 unspecified atom stereocenters. The third-order valence-corrected chi connectivity index (χ3v) is 5.90. The Morgan fingerprint density at radius 1 is 1.40 bits per heavy atom. The van der Waals surface area contributed by atoms with E-state index >= 15 is 0 Å². The van der Waals surface area contributed by atoms with E-state index in [0.717, 1.165) is 51.3 Å². The van der Waals surface area contributed by atoms with Crippen molar-refractivity contribution in [2.45, 2.75) is 19.4 Å². The van der Waals surface area contributed by atoms with Gasteiger partial charge in [-0.25, -0.2) is 0 Å². The Bertz CT molecular complexity index is 499. The molecule has 1 aromatic rings. The summed E-state index contributed by atoms with van der Waals surface area (Å²) in [5, 5.41) is 5.96. The van der Waals surface area contributed by atoms with Crippen molar-refractivity contribution < 1.29 is 4.79 Å². The summed E-state index contributed by atoms with van der Waals surface area (Å²) in [6.45, 7) is 7.92. The number of carbonyl (C=O) groups is 1. The number of aryl methyl sites for hydroxylation is 1. The molecule has 0 aliphatic carbocycles. The van der Waals surface area contributed by atoms with Crippen LogP contribution in [0, 0.1) is 6.92 Å². The van der Waals surface area contributed by atoms with Crippen LogP contribution in [-0.2, 0) is 0 Å². The van der Waals surface area contributed by atoms with Gasteiger partial charge >= 0.3 is 0 Å². The second-order valence-corrected chi connectivity index (χ2v) is 6.80. The SMILES string of the molecule is Cc1csc(C(=O)N2CCC(N3CCNCC3)C2)c1Cl. The number of hydrogen-bond donors (Lipinski definition) is 1. The zero-order valence-corrected chi connectivity index (χ0v) is 13.3. The zero-order valence-electron chi connectivity index (χ0n) is 11.7. The van der Waals surface area contributed by atoms with Crippen molar-refractivity contribution in [3.8, 4) is 0 Å². The smallest absolute Gasteiger partial charge is 0.265 e. The highest BCUT2D eigenvalue weighted by Crippen LogP contribution is 2.29. The highest BCUT2D eigenvalue weighted by Gasteiger charge is 2.32. The highest BCUT2D eigenvalue weighted by molar-refractivity contribution is 7.13. The molecular weight excluding hydrogens is 294 g/mol. The Morgan fingerprint density at radius 2 is 2.15 bits per heavy atom. The highest BCUT2D eigenvalue weighted by atomic mass is 35.5. The molecule has 4 nitrogen and oxygen atoms in total. The van der Waals surface area contributed by atoms with Crippen molar-refractivity contribution in [3.63, 3.8) is 0 Å². The lowest BCUT2D eigenvalue weighted by atomic mass is 10.2. The van der Waals surface area contributed by atoms with Crippen LogP contribution in [0.15, 0.2) is 5.38 Å². The van der Waals surface area contributed by atoms with Crippen LogP contribution in [0.5, 0.6) is 0 Å².